The highest BCUT2D eigenvalue weighted by molar-refractivity contribution is 7.99. The summed E-state index contributed by atoms with van der Waals surface area (Å²) < 4.78 is 3.33. The summed E-state index contributed by atoms with van der Waals surface area (Å²) in [7, 11) is 0. The minimum absolute atomic E-state index is 0.0659. The first-order valence-corrected chi connectivity index (χ1v) is 11.0. The predicted octanol–water partition coefficient (Wildman–Crippen LogP) is 3.00. The molecule has 0 radical (unpaired) electrons. The lowest BCUT2D eigenvalue weighted by Gasteiger charge is -2.13. The van der Waals surface area contributed by atoms with Gasteiger partial charge in [0.05, 0.1) is 24.5 Å². The fourth-order valence-corrected chi connectivity index (χ4v) is 5.20. The van der Waals surface area contributed by atoms with Crippen LogP contribution in [-0.4, -0.2) is 31.0 Å². The molecule has 7 nitrogen and oxygen atoms in total. The van der Waals surface area contributed by atoms with Crippen LogP contribution in [0.15, 0.2) is 64.0 Å². The highest BCUT2D eigenvalue weighted by Gasteiger charge is 2.29. The van der Waals surface area contributed by atoms with E-state index >= 15 is 0 Å². The number of para-hydroxylation sites is 1. The summed E-state index contributed by atoms with van der Waals surface area (Å²) in [5.41, 5.74) is 1.25. The largest absolute Gasteiger partial charge is 0.351 e. The molecule has 0 unspecified atom stereocenters. The standard InChI is InChI=1S/C20H17N5O2S2/c26-17(21-10-15-7-4-8-28-15)9-14-12-29-20-23-18-16(19(27)24(14)20)11-22-25(18)13-5-2-1-3-6-13/h1-8,11,14H,9-10,12H2,(H,21,26)/t14-/m0/s1. The van der Waals surface area contributed by atoms with E-state index in [4.69, 9.17) is 4.98 Å². The molecule has 1 N–H and O–H groups in total. The molecule has 0 spiro atoms. The fourth-order valence-electron chi connectivity index (χ4n) is 3.42. The normalized spacial score (nSPS) is 15.5. The van der Waals surface area contributed by atoms with Crippen molar-refractivity contribution in [2.45, 2.75) is 24.2 Å². The lowest BCUT2D eigenvalue weighted by atomic mass is 10.2. The van der Waals surface area contributed by atoms with Gasteiger partial charge in [0, 0.05) is 17.1 Å². The maximum atomic E-state index is 13.1. The first-order valence-electron chi connectivity index (χ1n) is 9.18. The van der Waals surface area contributed by atoms with Gasteiger partial charge in [0.2, 0.25) is 5.91 Å². The Morgan fingerprint density at radius 3 is 2.86 bits per heavy atom. The summed E-state index contributed by atoms with van der Waals surface area (Å²) in [6, 6.07) is 13.4. The van der Waals surface area contributed by atoms with Crippen LogP contribution in [-0.2, 0) is 11.3 Å². The number of thioether (sulfide) groups is 1. The van der Waals surface area contributed by atoms with Crippen LogP contribution in [0.25, 0.3) is 16.7 Å². The van der Waals surface area contributed by atoms with E-state index in [1.54, 1.807) is 26.8 Å². The Hall–Kier alpha value is -2.91. The third-order valence-electron chi connectivity index (χ3n) is 4.83. The van der Waals surface area contributed by atoms with Crippen LogP contribution in [0, 0.1) is 0 Å². The molecule has 5 rings (SSSR count). The molecule has 1 aliphatic rings. The third kappa shape index (κ3) is 3.36. The number of thiophene rings is 1. The highest BCUT2D eigenvalue weighted by atomic mass is 32.2. The Bertz CT molecular complexity index is 1230. The number of hydrogen-bond donors (Lipinski definition) is 1. The second-order valence-electron chi connectivity index (χ2n) is 6.72. The van der Waals surface area contributed by atoms with Gasteiger partial charge >= 0.3 is 0 Å². The topological polar surface area (TPSA) is 81.8 Å². The molecule has 4 aromatic rings. The second-order valence-corrected chi connectivity index (χ2v) is 8.74. The molecule has 1 atom stereocenters. The van der Waals surface area contributed by atoms with Crippen molar-refractivity contribution in [2.24, 2.45) is 0 Å². The first kappa shape index (κ1) is 18.1. The van der Waals surface area contributed by atoms with Crippen molar-refractivity contribution in [1.82, 2.24) is 24.6 Å². The maximum absolute atomic E-state index is 13.1. The van der Waals surface area contributed by atoms with E-state index < -0.39 is 0 Å². The Kier molecular flexibility index (Phi) is 4.69. The third-order valence-corrected chi connectivity index (χ3v) is 6.81. The number of benzene rings is 1. The molecule has 1 amide bonds. The molecule has 1 aliphatic heterocycles. The van der Waals surface area contributed by atoms with Crippen LogP contribution >= 0.6 is 23.1 Å². The number of hydrogen-bond acceptors (Lipinski definition) is 6. The van der Waals surface area contributed by atoms with E-state index in [9.17, 15) is 9.59 Å². The van der Waals surface area contributed by atoms with Gasteiger partial charge in [-0.1, -0.05) is 36.0 Å². The Morgan fingerprint density at radius 2 is 2.07 bits per heavy atom. The van der Waals surface area contributed by atoms with Crippen molar-refractivity contribution in [3.05, 3.63) is 69.3 Å². The highest BCUT2D eigenvalue weighted by Crippen LogP contribution is 2.33. The minimum atomic E-state index is -0.206. The summed E-state index contributed by atoms with van der Waals surface area (Å²) in [6.45, 7) is 0.513. The first-order chi connectivity index (χ1) is 14.2. The molecule has 1 aromatic carbocycles. The summed E-state index contributed by atoms with van der Waals surface area (Å²) in [4.78, 5) is 31.3. The lowest BCUT2D eigenvalue weighted by Crippen LogP contribution is -2.30. The molecule has 0 aliphatic carbocycles. The molecule has 146 valence electrons. The van der Waals surface area contributed by atoms with Gasteiger partial charge < -0.3 is 5.32 Å². The smallest absolute Gasteiger partial charge is 0.265 e. The van der Waals surface area contributed by atoms with Gasteiger partial charge in [0.1, 0.15) is 5.39 Å². The summed E-state index contributed by atoms with van der Waals surface area (Å²) in [5.74, 6) is 0.587. The summed E-state index contributed by atoms with van der Waals surface area (Å²) in [6.07, 6.45) is 1.81. The Balaban J connectivity index is 1.42. The van der Waals surface area contributed by atoms with Gasteiger partial charge in [-0.3, -0.25) is 14.2 Å². The number of rotatable bonds is 5. The van der Waals surface area contributed by atoms with Crippen LogP contribution < -0.4 is 10.9 Å². The SMILES string of the molecule is O=C(C[C@H]1CSc2nc3c(cnn3-c3ccccc3)c(=O)n21)NCc1cccs1. The van der Waals surface area contributed by atoms with Crippen molar-refractivity contribution in [3.8, 4) is 5.69 Å². The van der Waals surface area contributed by atoms with Crippen molar-refractivity contribution < 1.29 is 4.79 Å². The van der Waals surface area contributed by atoms with Crippen LogP contribution in [0.2, 0.25) is 0 Å². The van der Waals surface area contributed by atoms with E-state index in [0.717, 1.165) is 10.6 Å². The Morgan fingerprint density at radius 1 is 1.21 bits per heavy atom. The van der Waals surface area contributed by atoms with E-state index in [1.165, 1.54) is 11.8 Å². The van der Waals surface area contributed by atoms with E-state index in [2.05, 4.69) is 10.4 Å². The van der Waals surface area contributed by atoms with Crippen molar-refractivity contribution in [3.63, 3.8) is 0 Å². The van der Waals surface area contributed by atoms with Gasteiger partial charge in [-0.05, 0) is 23.6 Å². The molecule has 9 heteroatoms. The van der Waals surface area contributed by atoms with Crippen molar-refractivity contribution in [2.75, 3.05) is 5.75 Å². The van der Waals surface area contributed by atoms with Crippen LogP contribution in [0.3, 0.4) is 0 Å². The van der Waals surface area contributed by atoms with Gasteiger partial charge in [-0.25, -0.2) is 9.67 Å². The van der Waals surface area contributed by atoms with Crippen molar-refractivity contribution in [1.29, 1.82) is 0 Å². The number of carbonyl (C=O) groups is 1. The monoisotopic (exact) mass is 423 g/mol. The Labute approximate surface area is 174 Å². The number of nitrogens with zero attached hydrogens (tertiary/aromatic N) is 4. The summed E-state index contributed by atoms with van der Waals surface area (Å²) in [5, 5.41) is 10.4. The molecule has 0 fully saturated rings. The number of carbonyl (C=O) groups excluding carboxylic acids is 1. The molecule has 29 heavy (non-hydrogen) atoms. The zero-order chi connectivity index (χ0) is 19.8. The van der Waals surface area contributed by atoms with Crippen LogP contribution in [0.4, 0.5) is 0 Å². The average Bonchev–Trinajstić information content (AvgIpc) is 3.48. The quantitative estimate of drug-likeness (QED) is 0.499. The van der Waals surface area contributed by atoms with Gasteiger partial charge in [-0.15, -0.1) is 11.3 Å². The zero-order valence-electron chi connectivity index (χ0n) is 15.3. The lowest BCUT2D eigenvalue weighted by molar-refractivity contribution is -0.121. The average molecular weight is 424 g/mol. The molecular weight excluding hydrogens is 406 g/mol. The maximum Gasteiger partial charge on any atom is 0.265 e. The molecule has 0 saturated carbocycles. The van der Waals surface area contributed by atoms with Gasteiger partial charge in [0.25, 0.3) is 5.56 Å². The molecule has 3 aromatic heterocycles. The fraction of sp³-hybridized carbons (Fsp3) is 0.200. The molecular formula is C20H17N5O2S2. The number of amides is 1. The molecule has 0 bridgehead atoms. The number of aromatic nitrogens is 4. The molecule has 4 heterocycles. The second kappa shape index (κ2) is 7.49. The minimum Gasteiger partial charge on any atom is -0.351 e. The number of nitrogens with one attached hydrogen (secondary N) is 1. The zero-order valence-corrected chi connectivity index (χ0v) is 16.9. The number of fused-ring (bicyclic) bond motifs is 2. The van der Waals surface area contributed by atoms with Gasteiger partial charge in [0.15, 0.2) is 10.8 Å². The molecule has 0 saturated heterocycles. The van der Waals surface area contributed by atoms with E-state index in [0.29, 0.717) is 28.5 Å². The van der Waals surface area contributed by atoms with Gasteiger partial charge in [-0.2, -0.15) is 5.10 Å². The summed E-state index contributed by atoms with van der Waals surface area (Å²) >= 11 is 3.11. The van der Waals surface area contributed by atoms with Crippen LogP contribution in [0.1, 0.15) is 17.3 Å². The predicted molar refractivity (Wildman–Crippen MR) is 114 cm³/mol. The van der Waals surface area contributed by atoms with E-state index in [1.807, 2.05) is 47.8 Å². The van der Waals surface area contributed by atoms with Crippen molar-refractivity contribution >= 4 is 40.0 Å². The van der Waals surface area contributed by atoms with Crippen LogP contribution in [0.5, 0.6) is 0 Å². The van der Waals surface area contributed by atoms with E-state index in [-0.39, 0.29) is 23.9 Å².